The predicted molar refractivity (Wildman–Crippen MR) is 110 cm³/mol. The average Bonchev–Trinajstić information content (AvgIpc) is 2.68. The summed E-state index contributed by atoms with van der Waals surface area (Å²) >= 11 is 0. The summed E-state index contributed by atoms with van der Waals surface area (Å²) in [5.41, 5.74) is 14.8. The van der Waals surface area contributed by atoms with Crippen LogP contribution in [0.1, 0.15) is 42.5 Å². The van der Waals surface area contributed by atoms with Crippen LogP contribution in [0.4, 0.5) is 5.69 Å². The molecule has 144 valence electrons. The van der Waals surface area contributed by atoms with Crippen LogP contribution in [0.2, 0.25) is 0 Å². The molecule has 0 bridgehead atoms. The fraction of sp³-hybridized carbons (Fsp3) is 0.286. The number of hydrogen-bond acceptors (Lipinski definition) is 6. The Bertz CT molecular complexity index is 959. The van der Waals surface area contributed by atoms with Gasteiger partial charge in [0.2, 0.25) is 11.9 Å². The lowest BCUT2D eigenvalue weighted by atomic mass is 9.87. The highest BCUT2D eigenvalue weighted by atomic mass is 16.4. The maximum atomic E-state index is 11.1. The Labute approximate surface area is 163 Å². The van der Waals surface area contributed by atoms with Crippen molar-refractivity contribution in [2.24, 2.45) is 21.5 Å². The number of aliphatic imine (C=N–C) groups is 2. The second kappa shape index (κ2) is 6.99. The Hall–Kier alpha value is -3.35. The number of carboxylic acids is 1. The van der Waals surface area contributed by atoms with Gasteiger partial charge in [0.05, 0.1) is 5.56 Å². The summed E-state index contributed by atoms with van der Waals surface area (Å²) in [6.45, 7) is 0. The first-order valence-electron chi connectivity index (χ1n) is 9.42. The lowest BCUT2D eigenvalue weighted by Crippen LogP contribution is -2.58. The van der Waals surface area contributed by atoms with Crippen LogP contribution in [0.15, 0.2) is 58.5 Å². The number of guanidine groups is 2. The van der Waals surface area contributed by atoms with Crippen molar-refractivity contribution in [2.45, 2.75) is 37.8 Å². The van der Waals surface area contributed by atoms with Gasteiger partial charge in [0.25, 0.3) is 0 Å². The maximum Gasteiger partial charge on any atom is 0.335 e. The van der Waals surface area contributed by atoms with Crippen LogP contribution in [0.25, 0.3) is 11.1 Å². The topological polar surface area (TPSA) is 117 Å². The number of carbonyl (C=O) groups is 1. The number of hydrogen-bond donors (Lipinski definition) is 3. The minimum Gasteiger partial charge on any atom is -0.478 e. The third kappa shape index (κ3) is 3.19. The van der Waals surface area contributed by atoms with Crippen molar-refractivity contribution in [3.05, 3.63) is 54.1 Å². The van der Waals surface area contributed by atoms with Crippen LogP contribution in [0.3, 0.4) is 0 Å². The maximum absolute atomic E-state index is 11.1. The highest BCUT2D eigenvalue weighted by Crippen LogP contribution is 2.40. The normalized spacial score (nSPS) is 18.5. The molecular weight excluding hydrogens is 354 g/mol. The second-order valence-corrected chi connectivity index (χ2v) is 7.25. The van der Waals surface area contributed by atoms with Gasteiger partial charge >= 0.3 is 5.97 Å². The number of carboxylic acid groups (broad SMARTS) is 1. The molecule has 2 aromatic rings. The van der Waals surface area contributed by atoms with E-state index in [0.717, 1.165) is 42.5 Å². The number of aromatic carboxylic acids is 1. The molecule has 1 saturated carbocycles. The third-order valence-electron chi connectivity index (χ3n) is 5.42. The van der Waals surface area contributed by atoms with E-state index >= 15 is 0 Å². The number of benzene rings is 2. The molecule has 7 nitrogen and oxygen atoms in total. The highest BCUT2D eigenvalue weighted by Gasteiger charge is 2.42. The molecule has 0 amide bonds. The monoisotopic (exact) mass is 377 g/mol. The Morgan fingerprint density at radius 2 is 1.71 bits per heavy atom. The van der Waals surface area contributed by atoms with E-state index < -0.39 is 11.6 Å². The Kier molecular flexibility index (Phi) is 4.50. The van der Waals surface area contributed by atoms with Gasteiger partial charge in [-0.15, -0.1) is 0 Å². The number of nitrogens with zero attached hydrogens (tertiary/aromatic N) is 3. The first kappa shape index (κ1) is 18.0. The SMILES string of the molecule is NC1=NC2(CCCCC2)N(c2cccc(-c3ccc(C(=O)O)cc3)c2)C(N)=N1. The fourth-order valence-electron chi connectivity index (χ4n) is 4.12. The molecule has 1 aliphatic carbocycles. The zero-order valence-corrected chi connectivity index (χ0v) is 15.5. The summed E-state index contributed by atoms with van der Waals surface area (Å²) in [5, 5.41) is 9.10. The second-order valence-electron chi connectivity index (χ2n) is 7.25. The van der Waals surface area contributed by atoms with Gasteiger partial charge in [0.15, 0.2) is 0 Å². The molecule has 0 radical (unpaired) electrons. The van der Waals surface area contributed by atoms with Gasteiger partial charge in [-0.3, -0.25) is 4.90 Å². The summed E-state index contributed by atoms with van der Waals surface area (Å²) in [4.78, 5) is 22.0. The molecule has 2 aromatic carbocycles. The van der Waals surface area contributed by atoms with E-state index in [2.05, 4.69) is 4.99 Å². The van der Waals surface area contributed by atoms with Crippen LogP contribution in [-0.2, 0) is 0 Å². The van der Waals surface area contributed by atoms with Crippen molar-refractivity contribution in [1.29, 1.82) is 0 Å². The number of nitrogens with two attached hydrogens (primary N) is 2. The lowest BCUT2D eigenvalue weighted by Gasteiger charge is -2.45. The number of anilines is 1. The minimum atomic E-state index is -0.938. The third-order valence-corrected chi connectivity index (χ3v) is 5.42. The van der Waals surface area contributed by atoms with Gasteiger partial charge in [0.1, 0.15) is 5.66 Å². The summed E-state index contributed by atoms with van der Waals surface area (Å²) in [7, 11) is 0. The highest BCUT2D eigenvalue weighted by molar-refractivity contribution is 6.05. The molecule has 1 aliphatic heterocycles. The van der Waals surface area contributed by atoms with Crippen LogP contribution in [0, 0.1) is 0 Å². The van der Waals surface area contributed by atoms with Crippen LogP contribution >= 0.6 is 0 Å². The molecule has 7 heteroatoms. The standard InChI is InChI=1S/C21H23N5O2/c22-19-24-20(23)26(21(25-19)11-2-1-3-12-21)17-6-4-5-16(13-17)14-7-9-15(10-8-14)18(27)28/h4-10,13H,1-3,11-12H2,(H,27,28)(H4,22,23,24,25). The molecule has 28 heavy (non-hydrogen) atoms. The van der Waals surface area contributed by atoms with E-state index in [4.69, 9.17) is 21.6 Å². The summed E-state index contributed by atoms with van der Waals surface area (Å²) in [6, 6.07) is 14.8. The number of rotatable bonds is 3. The average molecular weight is 377 g/mol. The van der Waals surface area contributed by atoms with Crippen LogP contribution < -0.4 is 16.4 Å². The molecule has 0 unspecified atom stereocenters. The van der Waals surface area contributed by atoms with E-state index in [1.165, 1.54) is 6.42 Å². The fourth-order valence-corrected chi connectivity index (χ4v) is 4.12. The first-order valence-corrected chi connectivity index (χ1v) is 9.42. The van der Waals surface area contributed by atoms with Crippen molar-refractivity contribution in [3.63, 3.8) is 0 Å². The molecular formula is C21H23N5O2. The van der Waals surface area contributed by atoms with Crippen molar-refractivity contribution in [2.75, 3.05) is 4.90 Å². The van der Waals surface area contributed by atoms with E-state index in [9.17, 15) is 4.79 Å². The van der Waals surface area contributed by atoms with Crippen molar-refractivity contribution >= 4 is 23.6 Å². The molecule has 1 heterocycles. The van der Waals surface area contributed by atoms with Crippen LogP contribution in [-0.4, -0.2) is 28.7 Å². The summed E-state index contributed by atoms with van der Waals surface area (Å²) < 4.78 is 0. The van der Waals surface area contributed by atoms with Crippen molar-refractivity contribution in [1.82, 2.24) is 0 Å². The zero-order chi connectivity index (χ0) is 19.7. The molecule has 0 saturated heterocycles. The van der Waals surface area contributed by atoms with Gasteiger partial charge < -0.3 is 16.6 Å². The predicted octanol–water partition coefficient (Wildman–Crippen LogP) is 3.16. The van der Waals surface area contributed by atoms with E-state index in [-0.39, 0.29) is 11.5 Å². The first-order chi connectivity index (χ1) is 13.5. The smallest absolute Gasteiger partial charge is 0.335 e. The zero-order valence-electron chi connectivity index (χ0n) is 15.5. The summed E-state index contributed by atoms with van der Waals surface area (Å²) in [5.74, 6) is -0.351. The minimum absolute atomic E-state index is 0.232. The lowest BCUT2D eigenvalue weighted by molar-refractivity contribution is 0.0697. The van der Waals surface area contributed by atoms with Gasteiger partial charge in [-0.2, -0.15) is 4.99 Å². The molecule has 0 aromatic heterocycles. The van der Waals surface area contributed by atoms with Gasteiger partial charge in [-0.25, -0.2) is 9.79 Å². The van der Waals surface area contributed by atoms with Gasteiger partial charge in [-0.05, 0) is 61.1 Å². The van der Waals surface area contributed by atoms with Crippen LogP contribution in [0.5, 0.6) is 0 Å². The Morgan fingerprint density at radius 1 is 1.00 bits per heavy atom. The van der Waals surface area contributed by atoms with E-state index in [0.29, 0.717) is 5.96 Å². The van der Waals surface area contributed by atoms with Gasteiger partial charge in [0, 0.05) is 5.69 Å². The molecule has 2 aliphatic rings. The van der Waals surface area contributed by atoms with E-state index in [1.54, 1.807) is 12.1 Å². The molecule has 1 fully saturated rings. The largest absolute Gasteiger partial charge is 0.478 e. The molecule has 5 N–H and O–H groups in total. The van der Waals surface area contributed by atoms with E-state index in [1.807, 2.05) is 41.3 Å². The Balaban J connectivity index is 1.73. The van der Waals surface area contributed by atoms with Crippen molar-refractivity contribution in [3.8, 4) is 11.1 Å². The summed E-state index contributed by atoms with van der Waals surface area (Å²) in [6.07, 6.45) is 5.06. The van der Waals surface area contributed by atoms with Gasteiger partial charge in [-0.1, -0.05) is 30.7 Å². The molecule has 1 spiro atoms. The molecule has 0 atom stereocenters. The Morgan fingerprint density at radius 3 is 2.39 bits per heavy atom. The quantitative estimate of drug-likeness (QED) is 0.759. The van der Waals surface area contributed by atoms with Crippen molar-refractivity contribution < 1.29 is 9.90 Å². The molecule has 4 rings (SSSR count).